The van der Waals surface area contributed by atoms with E-state index in [1.54, 1.807) is 0 Å². The predicted molar refractivity (Wildman–Crippen MR) is 87.8 cm³/mol. The Labute approximate surface area is 125 Å². The van der Waals surface area contributed by atoms with Crippen molar-refractivity contribution in [1.82, 2.24) is 4.90 Å². The zero-order chi connectivity index (χ0) is 14.6. The van der Waals surface area contributed by atoms with Crippen LogP contribution < -0.4 is 0 Å². The van der Waals surface area contributed by atoms with E-state index in [2.05, 4.69) is 24.5 Å². The number of rotatable bonds is 10. The van der Waals surface area contributed by atoms with Gasteiger partial charge in [-0.15, -0.1) is 0 Å². The first-order valence-corrected chi connectivity index (χ1v) is 8.13. The third-order valence-electron chi connectivity index (χ3n) is 3.71. The summed E-state index contributed by atoms with van der Waals surface area (Å²) in [6.07, 6.45) is 13.5. The minimum absolute atomic E-state index is 0.807. The van der Waals surface area contributed by atoms with Crippen LogP contribution in [0.2, 0.25) is 0 Å². The van der Waals surface area contributed by atoms with Crippen molar-refractivity contribution < 1.29 is 4.74 Å². The number of hydrogen-bond acceptors (Lipinski definition) is 2. The van der Waals surface area contributed by atoms with Crippen LogP contribution in [0.4, 0.5) is 0 Å². The Morgan fingerprint density at radius 2 is 1.95 bits per heavy atom. The first-order valence-electron chi connectivity index (χ1n) is 8.13. The van der Waals surface area contributed by atoms with Crippen molar-refractivity contribution in [2.24, 2.45) is 0 Å². The molecule has 1 heterocycles. The molecule has 0 bridgehead atoms. The fourth-order valence-electron chi connectivity index (χ4n) is 2.38. The number of allylic oxidation sites excluding steroid dienone is 4. The third-order valence-corrected chi connectivity index (χ3v) is 3.71. The maximum atomic E-state index is 5.69. The second-order valence-corrected chi connectivity index (χ2v) is 5.54. The van der Waals surface area contributed by atoms with Crippen molar-refractivity contribution in [3.8, 4) is 0 Å². The predicted octanol–water partition coefficient (Wildman–Crippen LogP) is 4.70. The van der Waals surface area contributed by atoms with Crippen LogP contribution in [0, 0.1) is 0 Å². The number of unbranched alkanes of at least 4 members (excludes halogenated alkanes) is 1. The van der Waals surface area contributed by atoms with Gasteiger partial charge in [0.15, 0.2) is 0 Å². The van der Waals surface area contributed by atoms with Gasteiger partial charge in [-0.25, -0.2) is 0 Å². The molecule has 0 aromatic heterocycles. The van der Waals surface area contributed by atoms with Gasteiger partial charge in [0.05, 0.1) is 6.61 Å². The normalized spacial score (nSPS) is 17.0. The van der Waals surface area contributed by atoms with Crippen molar-refractivity contribution in [3.05, 3.63) is 36.1 Å². The van der Waals surface area contributed by atoms with Crippen LogP contribution in [0.3, 0.4) is 0 Å². The Morgan fingerprint density at radius 3 is 2.60 bits per heavy atom. The Morgan fingerprint density at radius 1 is 1.20 bits per heavy atom. The highest BCUT2D eigenvalue weighted by atomic mass is 16.5. The summed E-state index contributed by atoms with van der Waals surface area (Å²) < 4.78 is 5.69. The molecule has 114 valence electrons. The van der Waals surface area contributed by atoms with E-state index < -0.39 is 0 Å². The standard InChI is InChI=1S/C18H31NO/c1-4-6-16-20-18(5-2)12-11-17(3)10-9-15-19-13-7-8-14-19/h5,11-12H,3-4,6-10,13-16H2,1-2H3/b12-11-,18-5+. The second kappa shape index (κ2) is 10.7. The summed E-state index contributed by atoms with van der Waals surface area (Å²) in [4.78, 5) is 2.56. The molecule has 0 aliphatic carbocycles. The van der Waals surface area contributed by atoms with Crippen LogP contribution >= 0.6 is 0 Å². The molecule has 0 N–H and O–H groups in total. The average Bonchev–Trinajstić information content (AvgIpc) is 2.96. The summed E-state index contributed by atoms with van der Waals surface area (Å²) in [5.74, 6) is 0.958. The molecule has 0 aromatic rings. The van der Waals surface area contributed by atoms with E-state index in [0.29, 0.717) is 0 Å². The van der Waals surface area contributed by atoms with Gasteiger partial charge in [0.1, 0.15) is 5.76 Å². The van der Waals surface area contributed by atoms with Crippen molar-refractivity contribution in [2.45, 2.75) is 52.4 Å². The number of likely N-dealkylation sites (tertiary alicyclic amines) is 1. The molecule has 1 rings (SSSR count). The Balaban J connectivity index is 2.16. The van der Waals surface area contributed by atoms with Crippen LogP contribution in [-0.2, 0) is 4.74 Å². The van der Waals surface area contributed by atoms with Crippen LogP contribution in [0.1, 0.15) is 52.4 Å². The fourth-order valence-corrected chi connectivity index (χ4v) is 2.38. The number of hydrogen-bond donors (Lipinski definition) is 0. The molecule has 20 heavy (non-hydrogen) atoms. The van der Waals surface area contributed by atoms with E-state index in [1.165, 1.54) is 50.9 Å². The van der Waals surface area contributed by atoms with Gasteiger partial charge in [-0.05, 0) is 70.8 Å². The molecule has 0 amide bonds. The fraction of sp³-hybridized carbons (Fsp3) is 0.667. The first-order chi connectivity index (χ1) is 9.76. The highest BCUT2D eigenvalue weighted by Crippen LogP contribution is 2.12. The lowest BCUT2D eigenvalue weighted by Crippen LogP contribution is -2.20. The van der Waals surface area contributed by atoms with E-state index in [-0.39, 0.29) is 0 Å². The maximum Gasteiger partial charge on any atom is 0.115 e. The highest BCUT2D eigenvalue weighted by molar-refractivity contribution is 5.22. The Bertz CT molecular complexity index is 324. The molecule has 1 aliphatic heterocycles. The van der Waals surface area contributed by atoms with Gasteiger partial charge >= 0.3 is 0 Å². The zero-order valence-corrected chi connectivity index (χ0v) is 13.4. The second-order valence-electron chi connectivity index (χ2n) is 5.54. The van der Waals surface area contributed by atoms with Gasteiger partial charge in [0.2, 0.25) is 0 Å². The lowest BCUT2D eigenvalue weighted by molar-refractivity contribution is 0.219. The highest BCUT2D eigenvalue weighted by Gasteiger charge is 2.10. The van der Waals surface area contributed by atoms with Crippen LogP contribution in [0.5, 0.6) is 0 Å². The summed E-state index contributed by atoms with van der Waals surface area (Å²) in [5, 5.41) is 0. The van der Waals surface area contributed by atoms with Gasteiger partial charge in [-0.1, -0.05) is 31.6 Å². The molecule has 2 nitrogen and oxygen atoms in total. The van der Waals surface area contributed by atoms with E-state index in [4.69, 9.17) is 4.74 Å². The molecule has 0 spiro atoms. The monoisotopic (exact) mass is 277 g/mol. The Hall–Kier alpha value is -1.02. The van der Waals surface area contributed by atoms with Crippen molar-refractivity contribution >= 4 is 0 Å². The average molecular weight is 277 g/mol. The van der Waals surface area contributed by atoms with Crippen LogP contribution in [-0.4, -0.2) is 31.1 Å². The maximum absolute atomic E-state index is 5.69. The summed E-state index contributed by atoms with van der Waals surface area (Å²) in [7, 11) is 0. The molecule has 1 fully saturated rings. The Kier molecular flexibility index (Phi) is 9.14. The molecule has 2 heteroatoms. The van der Waals surface area contributed by atoms with E-state index >= 15 is 0 Å². The van der Waals surface area contributed by atoms with Gasteiger partial charge in [0, 0.05) is 0 Å². The zero-order valence-electron chi connectivity index (χ0n) is 13.4. The number of ether oxygens (including phenoxy) is 1. The first kappa shape index (κ1) is 17.0. The van der Waals surface area contributed by atoms with Gasteiger partial charge in [-0.3, -0.25) is 0 Å². The molecule has 0 atom stereocenters. The smallest absolute Gasteiger partial charge is 0.115 e. The van der Waals surface area contributed by atoms with Gasteiger partial charge in [-0.2, -0.15) is 0 Å². The van der Waals surface area contributed by atoms with Crippen molar-refractivity contribution in [1.29, 1.82) is 0 Å². The topological polar surface area (TPSA) is 12.5 Å². The van der Waals surface area contributed by atoms with Crippen molar-refractivity contribution in [2.75, 3.05) is 26.2 Å². The van der Waals surface area contributed by atoms with Gasteiger partial charge < -0.3 is 9.64 Å². The molecular weight excluding hydrogens is 246 g/mol. The summed E-state index contributed by atoms with van der Waals surface area (Å²) in [6.45, 7) is 12.9. The largest absolute Gasteiger partial charge is 0.494 e. The molecular formula is C18H31NO. The third kappa shape index (κ3) is 7.54. The van der Waals surface area contributed by atoms with E-state index in [0.717, 1.165) is 25.2 Å². The molecule has 0 unspecified atom stereocenters. The van der Waals surface area contributed by atoms with Crippen molar-refractivity contribution in [3.63, 3.8) is 0 Å². The molecule has 1 aliphatic rings. The van der Waals surface area contributed by atoms with Gasteiger partial charge in [0.25, 0.3) is 0 Å². The van der Waals surface area contributed by atoms with E-state index in [9.17, 15) is 0 Å². The lowest BCUT2D eigenvalue weighted by Gasteiger charge is -2.13. The minimum Gasteiger partial charge on any atom is -0.494 e. The van der Waals surface area contributed by atoms with E-state index in [1.807, 2.05) is 19.1 Å². The summed E-state index contributed by atoms with van der Waals surface area (Å²) >= 11 is 0. The quantitative estimate of drug-likeness (QED) is 0.326. The van der Waals surface area contributed by atoms with Crippen LogP contribution in [0.15, 0.2) is 36.1 Å². The molecule has 0 radical (unpaired) electrons. The minimum atomic E-state index is 0.807. The SMILES string of the molecule is C=C(/C=C\C(=C/C)OCCCC)CCCN1CCCC1. The lowest BCUT2D eigenvalue weighted by atomic mass is 10.1. The van der Waals surface area contributed by atoms with Crippen LogP contribution in [0.25, 0.3) is 0 Å². The molecule has 0 aromatic carbocycles. The summed E-state index contributed by atoms with van der Waals surface area (Å²) in [6, 6.07) is 0. The number of nitrogens with zero attached hydrogens (tertiary/aromatic N) is 1. The summed E-state index contributed by atoms with van der Waals surface area (Å²) in [5.41, 5.74) is 1.20. The molecule has 0 saturated carbocycles. The molecule has 1 saturated heterocycles.